The first-order valence-electron chi connectivity index (χ1n) is 6.85. The predicted molar refractivity (Wildman–Crippen MR) is 86.2 cm³/mol. The summed E-state index contributed by atoms with van der Waals surface area (Å²) in [5.41, 5.74) is 2.46. The minimum Gasteiger partial charge on any atom is -0.348 e. The monoisotopic (exact) mass is 311 g/mol. The number of amides is 1. The van der Waals surface area contributed by atoms with Crippen molar-refractivity contribution >= 4 is 17.5 Å². The predicted octanol–water partition coefficient (Wildman–Crippen LogP) is 3.46. The molecule has 0 radical (unpaired) electrons. The molecule has 1 heterocycles. The van der Waals surface area contributed by atoms with E-state index in [0.717, 1.165) is 11.3 Å². The maximum Gasteiger partial charge on any atom is 0.251 e. The first kappa shape index (κ1) is 14.4. The lowest BCUT2D eigenvalue weighted by molar-refractivity contribution is 0.0951. The molecule has 2 aromatic carbocycles. The van der Waals surface area contributed by atoms with E-state index in [1.54, 1.807) is 35.1 Å². The van der Waals surface area contributed by atoms with E-state index in [1.807, 2.05) is 36.5 Å². The molecule has 1 N–H and O–H groups in total. The van der Waals surface area contributed by atoms with E-state index >= 15 is 0 Å². The van der Waals surface area contributed by atoms with Crippen LogP contribution in [0.1, 0.15) is 15.9 Å². The topological polar surface area (TPSA) is 46.9 Å². The quantitative estimate of drug-likeness (QED) is 0.802. The van der Waals surface area contributed by atoms with Crippen LogP contribution < -0.4 is 5.32 Å². The third-order valence-electron chi connectivity index (χ3n) is 3.20. The molecule has 0 aliphatic carbocycles. The SMILES string of the molecule is O=C(NCc1cnn(-c2ccccc2)c1)c1cccc(Cl)c1. The average Bonchev–Trinajstić information content (AvgIpc) is 3.02. The number of carbonyl (C=O) groups excluding carboxylic acids is 1. The van der Waals surface area contributed by atoms with Crippen LogP contribution in [-0.4, -0.2) is 15.7 Å². The zero-order chi connectivity index (χ0) is 15.4. The molecule has 0 atom stereocenters. The van der Waals surface area contributed by atoms with E-state index in [0.29, 0.717) is 17.1 Å². The molecule has 3 rings (SSSR count). The van der Waals surface area contributed by atoms with E-state index in [2.05, 4.69) is 10.4 Å². The van der Waals surface area contributed by atoms with Gasteiger partial charge in [0, 0.05) is 28.9 Å². The molecule has 1 amide bonds. The first-order valence-corrected chi connectivity index (χ1v) is 7.23. The highest BCUT2D eigenvalue weighted by atomic mass is 35.5. The smallest absolute Gasteiger partial charge is 0.251 e. The number of halogens is 1. The highest BCUT2D eigenvalue weighted by Crippen LogP contribution is 2.11. The van der Waals surface area contributed by atoms with Crippen molar-refractivity contribution in [1.82, 2.24) is 15.1 Å². The third-order valence-corrected chi connectivity index (χ3v) is 3.43. The van der Waals surface area contributed by atoms with Crippen molar-refractivity contribution in [2.24, 2.45) is 0 Å². The van der Waals surface area contributed by atoms with Crippen LogP contribution in [0.4, 0.5) is 0 Å². The lowest BCUT2D eigenvalue weighted by Gasteiger charge is -2.04. The zero-order valence-corrected chi connectivity index (χ0v) is 12.5. The van der Waals surface area contributed by atoms with Crippen LogP contribution in [-0.2, 0) is 6.54 Å². The van der Waals surface area contributed by atoms with Crippen LogP contribution in [0.3, 0.4) is 0 Å². The second kappa shape index (κ2) is 6.45. The van der Waals surface area contributed by atoms with Crippen LogP contribution in [0.25, 0.3) is 5.69 Å². The Morgan fingerprint density at radius 1 is 1.14 bits per heavy atom. The lowest BCUT2D eigenvalue weighted by atomic mass is 10.2. The van der Waals surface area contributed by atoms with E-state index < -0.39 is 0 Å². The number of aromatic nitrogens is 2. The van der Waals surface area contributed by atoms with Crippen molar-refractivity contribution in [2.45, 2.75) is 6.54 Å². The number of benzene rings is 2. The number of carbonyl (C=O) groups is 1. The fraction of sp³-hybridized carbons (Fsp3) is 0.0588. The van der Waals surface area contributed by atoms with Gasteiger partial charge >= 0.3 is 0 Å². The molecule has 0 spiro atoms. The Kier molecular flexibility index (Phi) is 4.21. The summed E-state index contributed by atoms with van der Waals surface area (Å²) >= 11 is 5.88. The number of para-hydroxylation sites is 1. The van der Waals surface area contributed by atoms with Crippen LogP contribution in [0.5, 0.6) is 0 Å². The van der Waals surface area contributed by atoms with Gasteiger partial charge in [0.05, 0.1) is 11.9 Å². The molecule has 5 heteroatoms. The normalized spacial score (nSPS) is 10.4. The van der Waals surface area contributed by atoms with E-state index in [-0.39, 0.29) is 5.91 Å². The van der Waals surface area contributed by atoms with Gasteiger partial charge < -0.3 is 5.32 Å². The van der Waals surface area contributed by atoms with Gasteiger partial charge in [0.2, 0.25) is 0 Å². The minimum absolute atomic E-state index is 0.157. The largest absolute Gasteiger partial charge is 0.348 e. The van der Waals surface area contributed by atoms with Crippen LogP contribution in [0.2, 0.25) is 5.02 Å². The summed E-state index contributed by atoms with van der Waals surface area (Å²) in [4.78, 5) is 12.1. The van der Waals surface area contributed by atoms with Crippen molar-refractivity contribution in [3.63, 3.8) is 0 Å². The van der Waals surface area contributed by atoms with Gasteiger partial charge in [-0.1, -0.05) is 35.9 Å². The van der Waals surface area contributed by atoms with Gasteiger partial charge in [-0.05, 0) is 30.3 Å². The van der Waals surface area contributed by atoms with Gasteiger partial charge in [0.1, 0.15) is 0 Å². The third kappa shape index (κ3) is 3.35. The molecule has 22 heavy (non-hydrogen) atoms. The summed E-state index contributed by atoms with van der Waals surface area (Å²) in [5.74, 6) is -0.157. The minimum atomic E-state index is -0.157. The zero-order valence-electron chi connectivity index (χ0n) is 11.7. The highest BCUT2D eigenvalue weighted by molar-refractivity contribution is 6.30. The molecule has 110 valence electrons. The van der Waals surface area contributed by atoms with Crippen LogP contribution >= 0.6 is 11.6 Å². The average molecular weight is 312 g/mol. The molecule has 0 saturated carbocycles. The first-order chi connectivity index (χ1) is 10.7. The fourth-order valence-corrected chi connectivity index (χ4v) is 2.28. The van der Waals surface area contributed by atoms with Gasteiger partial charge in [-0.25, -0.2) is 4.68 Å². The Morgan fingerprint density at radius 3 is 2.73 bits per heavy atom. The molecule has 0 unspecified atom stereocenters. The Labute approximate surface area is 133 Å². The van der Waals surface area contributed by atoms with Gasteiger partial charge in [-0.15, -0.1) is 0 Å². The van der Waals surface area contributed by atoms with Crippen molar-refractivity contribution < 1.29 is 4.79 Å². The van der Waals surface area contributed by atoms with E-state index in [1.165, 1.54) is 0 Å². The Balaban J connectivity index is 1.65. The van der Waals surface area contributed by atoms with Crippen molar-refractivity contribution in [3.05, 3.63) is 83.1 Å². The van der Waals surface area contributed by atoms with Crippen LogP contribution in [0, 0.1) is 0 Å². The molecule has 1 aromatic heterocycles. The number of nitrogens with one attached hydrogen (secondary N) is 1. The van der Waals surface area contributed by atoms with Gasteiger partial charge in [-0.3, -0.25) is 4.79 Å². The summed E-state index contributed by atoms with van der Waals surface area (Å²) in [7, 11) is 0. The van der Waals surface area contributed by atoms with Gasteiger partial charge in [-0.2, -0.15) is 5.10 Å². The summed E-state index contributed by atoms with van der Waals surface area (Å²) in [5, 5.41) is 7.70. The Hall–Kier alpha value is -2.59. The van der Waals surface area contributed by atoms with Crippen molar-refractivity contribution in [3.8, 4) is 5.69 Å². The van der Waals surface area contributed by atoms with Gasteiger partial charge in [0.15, 0.2) is 0 Å². The molecule has 0 aliphatic rings. The molecule has 0 fully saturated rings. The summed E-state index contributed by atoms with van der Waals surface area (Å²) in [6.45, 7) is 0.415. The fourth-order valence-electron chi connectivity index (χ4n) is 2.09. The van der Waals surface area contributed by atoms with Crippen LogP contribution in [0.15, 0.2) is 67.0 Å². The summed E-state index contributed by atoms with van der Waals surface area (Å²) < 4.78 is 1.78. The molecule has 0 aliphatic heterocycles. The van der Waals surface area contributed by atoms with Gasteiger partial charge in [0.25, 0.3) is 5.91 Å². The number of hydrogen-bond acceptors (Lipinski definition) is 2. The summed E-state index contributed by atoms with van der Waals surface area (Å²) in [6.07, 6.45) is 3.64. The molecular formula is C17H14ClN3O. The maximum atomic E-state index is 12.1. The number of hydrogen-bond donors (Lipinski definition) is 1. The molecule has 0 bridgehead atoms. The molecule has 4 nitrogen and oxygen atoms in total. The van der Waals surface area contributed by atoms with Crippen molar-refractivity contribution in [2.75, 3.05) is 0 Å². The maximum absolute atomic E-state index is 12.1. The van der Waals surface area contributed by atoms with E-state index in [9.17, 15) is 4.79 Å². The summed E-state index contributed by atoms with van der Waals surface area (Å²) in [6, 6.07) is 16.7. The second-order valence-corrected chi connectivity index (χ2v) is 5.26. The van der Waals surface area contributed by atoms with Crippen molar-refractivity contribution in [1.29, 1.82) is 0 Å². The lowest BCUT2D eigenvalue weighted by Crippen LogP contribution is -2.22. The number of nitrogens with zero attached hydrogens (tertiary/aromatic N) is 2. The van der Waals surface area contributed by atoms with E-state index in [4.69, 9.17) is 11.6 Å². The highest BCUT2D eigenvalue weighted by Gasteiger charge is 2.07. The second-order valence-electron chi connectivity index (χ2n) is 4.82. The Morgan fingerprint density at radius 2 is 1.95 bits per heavy atom. The molecule has 0 saturated heterocycles. The molecule has 3 aromatic rings. The molecular weight excluding hydrogens is 298 g/mol. The number of rotatable bonds is 4. The standard InChI is InChI=1S/C17H14ClN3O/c18-15-6-4-5-14(9-15)17(22)19-10-13-11-20-21(12-13)16-7-2-1-3-8-16/h1-9,11-12H,10H2,(H,19,22). The Bertz CT molecular complexity index is 783.